The SMILES string of the molecule is COc1ccc(Cl)cc1N(CC(=O)NCc1cccc2ccccc12)S(=O)(=O)c1ccccc1. The molecule has 4 aromatic carbocycles. The van der Waals surface area contributed by atoms with E-state index in [1.165, 1.54) is 25.3 Å². The Hall–Kier alpha value is -3.55. The summed E-state index contributed by atoms with van der Waals surface area (Å²) in [6.07, 6.45) is 0. The van der Waals surface area contributed by atoms with Gasteiger partial charge in [-0.2, -0.15) is 0 Å². The van der Waals surface area contributed by atoms with Crippen LogP contribution >= 0.6 is 11.6 Å². The molecule has 6 nitrogen and oxygen atoms in total. The van der Waals surface area contributed by atoms with Crippen LogP contribution in [0.3, 0.4) is 0 Å². The molecule has 0 saturated carbocycles. The number of rotatable bonds is 8. The van der Waals surface area contributed by atoms with Crippen LogP contribution in [0.5, 0.6) is 5.75 Å². The maximum Gasteiger partial charge on any atom is 0.264 e. The third-order valence-corrected chi connectivity index (χ3v) is 7.39. The van der Waals surface area contributed by atoms with Gasteiger partial charge in [-0.05, 0) is 46.7 Å². The second-order valence-electron chi connectivity index (χ2n) is 7.56. The third-order valence-electron chi connectivity index (χ3n) is 5.38. The second kappa shape index (κ2) is 10.2. The van der Waals surface area contributed by atoms with Gasteiger partial charge in [0.05, 0.1) is 17.7 Å². The van der Waals surface area contributed by atoms with Crippen molar-refractivity contribution >= 4 is 44.0 Å². The lowest BCUT2D eigenvalue weighted by atomic mass is 10.0. The lowest BCUT2D eigenvalue weighted by molar-refractivity contribution is -0.119. The standard InChI is InChI=1S/C26H23ClN2O4S/c1-33-25-15-14-21(27)16-24(25)29(34(31,32)22-11-3-2-4-12-22)18-26(30)28-17-20-10-7-9-19-8-5-6-13-23(19)20/h2-16H,17-18H2,1H3,(H,28,30). The molecule has 0 fully saturated rings. The summed E-state index contributed by atoms with van der Waals surface area (Å²) in [4.78, 5) is 13.1. The number of benzene rings is 4. The van der Waals surface area contributed by atoms with Gasteiger partial charge in [-0.25, -0.2) is 8.42 Å². The maximum atomic E-state index is 13.5. The number of carbonyl (C=O) groups is 1. The molecule has 4 rings (SSSR count). The Morgan fingerprint density at radius 3 is 2.41 bits per heavy atom. The quantitative estimate of drug-likeness (QED) is 0.373. The number of methoxy groups -OCH3 is 1. The first kappa shape index (κ1) is 23.6. The van der Waals surface area contributed by atoms with Crippen molar-refractivity contribution in [2.45, 2.75) is 11.4 Å². The van der Waals surface area contributed by atoms with Crippen LogP contribution < -0.4 is 14.4 Å². The molecule has 174 valence electrons. The summed E-state index contributed by atoms with van der Waals surface area (Å²) >= 11 is 6.17. The Morgan fingerprint density at radius 1 is 0.941 bits per heavy atom. The molecule has 8 heteroatoms. The second-order valence-corrected chi connectivity index (χ2v) is 9.85. The van der Waals surface area contributed by atoms with Crippen molar-refractivity contribution in [3.05, 3.63) is 102 Å². The number of ether oxygens (including phenoxy) is 1. The van der Waals surface area contributed by atoms with Crippen molar-refractivity contribution in [2.75, 3.05) is 18.0 Å². The van der Waals surface area contributed by atoms with Gasteiger partial charge in [-0.15, -0.1) is 0 Å². The van der Waals surface area contributed by atoms with Crippen LogP contribution in [0.4, 0.5) is 5.69 Å². The highest BCUT2D eigenvalue weighted by Crippen LogP contribution is 2.34. The monoisotopic (exact) mass is 494 g/mol. The van der Waals surface area contributed by atoms with Crippen molar-refractivity contribution in [3.8, 4) is 5.75 Å². The molecule has 0 heterocycles. The van der Waals surface area contributed by atoms with E-state index in [1.807, 2.05) is 42.5 Å². The van der Waals surface area contributed by atoms with Crippen LogP contribution in [0.15, 0.2) is 95.9 Å². The first-order chi connectivity index (χ1) is 16.4. The average molecular weight is 495 g/mol. The topological polar surface area (TPSA) is 75.7 Å². The smallest absolute Gasteiger partial charge is 0.264 e. The molecule has 0 atom stereocenters. The Balaban J connectivity index is 1.64. The van der Waals surface area contributed by atoms with Crippen molar-refractivity contribution < 1.29 is 17.9 Å². The molecule has 0 saturated heterocycles. The van der Waals surface area contributed by atoms with E-state index in [2.05, 4.69) is 5.32 Å². The van der Waals surface area contributed by atoms with Crippen molar-refractivity contribution in [1.82, 2.24) is 5.32 Å². The Kier molecular flexibility index (Phi) is 7.05. The van der Waals surface area contributed by atoms with Crippen LogP contribution in [0.25, 0.3) is 10.8 Å². The first-order valence-corrected chi connectivity index (χ1v) is 12.4. The molecule has 0 unspecified atom stereocenters. The fraction of sp³-hybridized carbons (Fsp3) is 0.115. The van der Waals surface area contributed by atoms with Crippen LogP contribution in [0, 0.1) is 0 Å². The molecule has 0 aliphatic carbocycles. The summed E-state index contributed by atoms with van der Waals surface area (Å²) < 4.78 is 33.5. The normalized spacial score (nSPS) is 11.2. The highest BCUT2D eigenvalue weighted by atomic mass is 35.5. The van der Waals surface area contributed by atoms with E-state index in [0.717, 1.165) is 20.6 Å². The number of hydrogen-bond acceptors (Lipinski definition) is 4. The molecular formula is C26H23ClN2O4S. The van der Waals surface area contributed by atoms with E-state index < -0.39 is 22.5 Å². The van der Waals surface area contributed by atoms with E-state index in [4.69, 9.17) is 16.3 Å². The lowest BCUT2D eigenvalue weighted by Crippen LogP contribution is -2.40. The predicted octanol–water partition coefficient (Wildman–Crippen LogP) is 5.01. The zero-order valence-corrected chi connectivity index (χ0v) is 20.0. The summed E-state index contributed by atoms with van der Waals surface area (Å²) in [5.74, 6) is -0.180. The van der Waals surface area contributed by atoms with Gasteiger partial charge in [0.1, 0.15) is 12.3 Å². The number of nitrogens with one attached hydrogen (secondary N) is 1. The number of amides is 1. The van der Waals surface area contributed by atoms with E-state index >= 15 is 0 Å². The minimum Gasteiger partial charge on any atom is -0.495 e. The van der Waals surface area contributed by atoms with Crippen molar-refractivity contribution in [1.29, 1.82) is 0 Å². The number of fused-ring (bicyclic) bond motifs is 1. The average Bonchev–Trinajstić information content (AvgIpc) is 2.86. The van der Waals surface area contributed by atoms with Gasteiger partial charge in [0.2, 0.25) is 5.91 Å². The molecule has 34 heavy (non-hydrogen) atoms. The molecule has 1 N–H and O–H groups in total. The molecule has 0 spiro atoms. The number of nitrogens with zero attached hydrogens (tertiary/aromatic N) is 1. The summed E-state index contributed by atoms with van der Waals surface area (Å²) in [6.45, 7) is -0.190. The summed E-state index contributed by atoms with van der Waals surface area (Å²) in [6, 6.07) is 26.3. The molecule has 0 radical (unpaired) electrons. The Labute approximate surface area is 203 Å². The van der Waals surface area contributed by atoms with Crippen LogP contribution in [0.2, 0.25) is 5.02 Å². The minimum absolute atomic E-state index is 0.0545. The first-order valence-electron chi connectivity index (χ1n) is 10.5. The van der Waals surface area contributed by atoms with Crippen molar-refractivity contribution in [2.24, 2.45) is 0 Å². The van der Waals surface area contributed by atoms with E-state index in [1.54, 1.807) is 30.3 Å². The molecule has 0 aliphatic heterocycles. The van der Waals surface area contributed by atoms with Crippen LogP contribution in [-0.2, 0) is 21.4 Å². The molecule has 0 aliphatic rings. The largest absolute Gasteiger partial charge is 0.495 e. The van der Waals surface area contributed by atoms with Gasteiger partial charge in [0.15, 0.2) is 0 Å². The van der Waals surface area contributed by atoms with Gasteiger partial charge in [0.25, 0.3) is 10.0 Å². The van der Waals surface area contributed by atoms with E-state index in [9.17, 15) is 13.2 Å². The van der Waals surface area contributed by atoms with E-state index in [-0.39, 0.29) is 22.9 Å². The number of anilines is 1. The molecule has 0 aromatic heterocycles. The number of sulfonamides is 1. The zero-order chi connectivity index (χ0) is 24.1. The summed E-state index contributed by atoms with van der Waals surface area (Å²) in [5, 5.41) is 5.25. The van der Waals surface area contributed by atoms with Gasteiger partial charge in [-0.3, -0.25) is 9.10 Å². The van der Waals surface area contributed by atoms with Gasteiger partial charge in [-0.1, -0.05) is 72.3 Å². The highest BCUT2D eigenvalue weighted by Gasteiger charge is 2.29. The van der Waals surface area contributed by atoms with E-state index in [0.29, 0.717) is 5.02 Å². The third kappa shape index (κ3) is 5.00. The van der Waals surface area contributed by atoms with Gasteiger partial charge in [0, 0.05) is 11.6 Å². The fourth-order valence-corrected chi connectivity index (χ4v) is 5.31. The Morgan fingerprint density at radius 2 is 1.65 bits per heavy atom. The number of hydrogen-bond donors (Lipinski definition) is 1. The van der Waals surface area contributed by atoms with Crippen LogP contribution in [0.1, 0.15) is 5.56 Å². The van der Waals surface area contributed by atoms with Gasteiger partial charge < -0.3 is 10.1 Å². The maximum absolute atomic E-state index is 13.5. The molecule has 1 amide bonds. The fourth-order valence-electron chi connectivity index (χ4n) is 3.70. The number of halogens is 1. The molecule has 4 aromatic rings. The molecular weight excluding hydrogens is 472 g/mol. The van der Waals surface area contributed by atoms with Gasteiger partial charge >= 0.3 is 0 Å². The summed E-state index contributed by atoms with van der Waals surface area (Å²) in [5.41, 5.74) is 1.11. The van der Waals surface area contributed by atoms with Crippen LogP contribution in [-0.4, -0.2) is 28.0 Å². The molecule has 0 bridgehead atoms. The number of carbonyl (C=O) groups excluding carboxylic acids is 1. The summed E-state index contributed by atoms with van der Waals surface area (Å²) in [7, 11) is -2.65. The Bertz CT molecular complexity index is 1420. The zero-order valence-electron chi connectivity index (χ0n) is 18.4. The predicted molar refractivity (Wildman–Crippen MR) is 135 cm³/mol. The lowest BCUT2D eigenvalue weighted by Gasteiger charge is -2.26. The van der Waals surface area contributed by atoms with Crippen molar-refractivity contribution in [3.63, 3.8) is 0 Å². The minimum atomic E-state index is -4.08. The highest BCUT2D eigenvalue weighted by molar-refractivity contribution is 7.92.